The molecule has 2 bridgehead atoms. The molecule has 3 unspecified atom stereocenters. The number of quaternary nitrogens is 1. The zero-order valence-corrected chi connectivity index (χ0v) is 12.1. The van der Waals surface area contributed by atoms with Crippen LogP contribution in [0.15, 0.2) is 0 Å². The number of rotatable bonds is 4. The SMILES string of the molecule is CC1(C)C2CCC(C2)C1C(=O)CC[N+](C)(C)C. The maximum absolute atomic E-state index is 12.5. The van der Waals surface area contributed by atoms with E-state index in [1.165, 1.54) is 19.3 Å². The van der Waals surface area contributed by atoms with Gasteiger partial charge >= 0.3 is 0 Å². The molecule has 0 aromatic carbocycles. The average molecular weight is 238 g/mol. The summed E-state index contributed by atoms with van der Waals surface area (Å²) in [6.45, 7) is 5.62. The Morgan fingerprint density at radius 1 is 1.24 bits per heavy atom. The van der Waals surface area contributed by atoms with Crippen molar-refractivity contribution in [1.82, 2.24) is 0 Å². The molecule has 0 N–H and O–H groups in total. The third-order valence-corrected chi connectivity index (χ3v) is 5.17. The summed E-state index contributed by atoms with van der Waals surface area (Å²) in [6.07, 6.45) is 4.74. The first-order valence-electron chi connectivity index (χ1n) is 7.05. The number of nitrogens with zero attached hydrogens (tertiary/aromatic N) is 1. The van der Waals surface area contributed by atoms with Gasteiger partial charge in [0.1, 0.15) is 5.78 Å². The van der Waals surface area contributed by atoms with E-state index in [-0.39, 0.29) is 5.41 Å². The highest BCUT2D eigenvalue weighted by Gasteiger charge is 2.55. The second-order valence-corrected chi connectivity index (χ2v) is 7.80. The lowest BCUT2D eigenvalue weighted by atomic mass is 9.66. The van der Waals surface area contributed by atoms with Crippen molar-refractivity contribution in [1.29, 1.82) is 0 Å². The summed E-state index contributed by atoms with van der Waals surface area (Å²) in [6, 6.07) is 0. The van der Waals surface area contributed by atoms with Gasteiger partial charge in [0.05, 0.1) is 34.1 Å². The number of ketones is 1. The van der Waals surface area contributed by atoms with Crippen molar-refractivity contribution in [2.75, 3.05) is 27.7 Å². The van der Waals surface area contributed by atoms with E-state index < -0.39 is 0 Å². The molecule has 0 saturated heterocycles. The van der Waals surface area contributed by atoms with Gasteiger partial charge in [0, 0.05) is 5.92 Å². The maximum Gasteiger partial charge on any atom is 0.142 e. The minimum Gasteiger partial charge on any atom is -0.331 e. The molecule has 2 aliphatic carbocycles. The van der Waals surface area contributed by atoms with Crippen LogP contribution in [0, 0.1) is 23.2 Å². The smallest absolute Gasteiger partial charge is 0.142 e. The van der Waals surface area contributed by atoms with Crippen molar-refractivity contribution >= 4 is 5.78 Å². The van der Waals surface area contributed by atoms with Crippen LogP contribution in [0.1, 0.15) is 39.5 Å². The van der Waals surface area contributed by atoms with Gasteiger partial charge in [-0.05, 0) is 36.5 Å². The van der Waals surface area contributed by atoms with E-state index in [4.69, 9.17) is 0 Å². The lowest BCUT2D eigenvalue weighted by molar-refractivity contribution is -0.869. The molecule has 2 nitrogen and oxygen atoms in total. The molecule has 0 aliphatic heterocycles. The summed E-state index contributed by atoms with van der Waals surface area (Å²) < 4.78 is 0.896. The monoisotopic (exact) mass is 238 g/mol. The molecule has 2 aliphatic rings. The first kappa shape index (κ1) is 13.1. The molecule has 0 aromatic heterocycles. The summed E-state index contributed by atoms with van der Waals surface area (Å²) in [4.78, 5) is 12.5. The fraction of sp³-hybridized carbons (Fsp3) is 0.933. The Hall–Kier alpha value is -0.370. The van der Waals surface area contributed by atoms with Crippen LogP contribution < -0.4 is 0 Å². The largest absolute Gasteiger partial charge is 0.331 e. The Kier molecular flexibility index (Phi) is 3.14. The minimum atomic E-state index is 0.269. The van der Waals surface area contributed by atoms with Gasteiger partial charge in [-0.25, -0.2) is 0 Å². The van der Waals surface area contributed by atoms with Crippen LogP contribution in [0.3, 0.4) is 0 Å². The zero-order valence-electron chi connectivity index (χ0n) is 12.1. The maximum atomic E-state index is 12.5. The van der Waals surface area contributed by atoms with Gasteiger partial charge in [0.25, 0.3) is 0 Å². The van der Waals surface area contributed by atoms with E-state index >= 15 is 0 Å². The summed E-state index contributed by atoms with van der Waals surface area (Å²) in [5.74, 6) is 2.41. The Morgan fingerprint density at radius 3 is 2.35 bits per heavy atom. The van der Waals surface area contributed by atoms with E-state index in [9.17, 15) is 4.79 Å². The summed E-state index contributed by atoms with van der Waals surface area (Å²) in [7, 11) is 6.50. The van der Waals surface area contributed by atoms with Crippen molar-refractivity contribution in [3.05, 3.63) is 0 Å². The number of hydrogen-bond donors (Lipinski definition) is 0. The normalized spacial score (nSPS) is 35.2. The van der Waals surface area contributed by atoms with Gasteiger partial charge in [-0.1, -0.05) is 13.8 Å². The van der Waals surface area contributed by atoms with Gasteiger partial charge in [0.15, 0.2) is 0 Å². The quantitative estimate of drug-likeness (QED) is 0.688. The van der Waals surface area contributed by atoms with Crippen LogP contribution >= 0.6 is 0 Å². The van der Waals surface area contributed by atoms with Crippen molar-refractivity contribution in [2.24, 2.45) is 23.2 Å². The van der Waals surface area contributed by atoms with E-state index in [0.29, 0.717) is 17.6 Å². The molecule has 98 valence electrons. The topological polar surface area (TPSA) is 17.1 Å². The first-order chi connectivity index (χ1) is 7.72. The summed E-state index contributed by atoms with van der Waals surface area (Å²) in [5.41, 5.74) is 0.269. The Labute approximate surface area is 106 Å². The van der Waals surface area contributed by atoms with Gasteiger partial charge in [-0.3, -0.25) is 4.79 Å². The van der Waals surface area contributed by atoms with Crippen LogP contribution in [-0.4, -0.2) is 38.0 Å². The van der Waals surface area contributed by atoms with E-state index in [1.807, 2.05) is 0 Å². The Balaban J connectivity index is 2.00. The number of carbonyl (C=O) groups is 1. The second-order valence-electron chi connectivity index (χ2n) is 7.80. The highest BCUT2D eigenvalue weighted by atomic mass is 16.1. The minimum absolute atomic E-state index is 0.269. The van der Waals surface area contributed by atoms with E-state index in [2.05, 4.69) is 35.0 Å². The molecule has 0 spiro atoms. The van der Waals surface area contributed by atoms with Crippen LogP contribution in [-0.2, 0) is 4.79 Å². The molecule has 2 rings (SSSR count). The van der Waals surface area contributed by atoms with Crippen LogP contribution in [0.25, 0.3) is 0 Å². The van der Waals surface area contributed by atoms with Crippen molar-refractivity contribution in [3.8, 4) is 0 Å². The first-order valence-corrected chi connectivity index (χ1v) is 7.05. The van der Waals surface area contributed by atoms with Gasteiger partial charge in [0.2, 0.25) is 0 Å². The number of carbonyl (C=O) groups excluding carboxylic acids is 1. The van der Waals surface area contributed by atoms with Crippen molar-refractivity contribution in [3.63, 3.8) is 0 Å². The predicted octanol–water partition coefficient (Wildman–Crippen LogP) is 2.72. The van der Waals surface area contributed by atoms with Gasteiger partial charge in [-0.2, -0.15) is 0 Å². The van der Waals surface area contributed by atoms with Gasteiger partial charge in [-0.15, -0.1) is 0 Å². The zero-order chi connectivity index (χ0) is 12.8. The summed E-state index contributed by atoms with van der Waals surface area (Å²) >= 11 is 0. The third-order valence-electron chi connectivity index (χ3n) is 5.17. The Bertz CT molecular complexity index is 313. The molecule has 17 heavy (non-hydrogen) atoms. The predicted molar refractivity (Wildman–Crippen MR) is 70.6 cm³/mol. The lowest BCUT2D eigenvalue weighted by Gasteiger charge is -2.37. The summed E-state index contributed by atoms with van der Waals surface area (Å²) in [5, 5.41) is 0. The van der Waals surface area contributed by atoms with E-state index in [1.54, 1.807) is 0 Å². The molecule has 0 heterocycles. The average Bonchev–Trinajstić information content (AvgIpc) is 2.70. The molecular formula is C15H28NO+. The fourth-order valence-electron chi connectivity index (χ4n) is 4.14. The molecule has 0 amide bonds. The van der Waals surface area contributed by atoms with Crippen molar-refractivity contribution in [2.45, 2.75) is 39.5 Å². The second kappa shape index (κ2) is 4.08. The van der Waals surface area contributed by atoms with Gasteiger partial charge < -0.3 is 4.48 Å². The molecule has 2 fully saturated rings. The van der Waals surface area contributed by atoms with Crippen LogP contribution in [0.2, 0.25) is 0 Å². The molecule has 0 radical (unpaired) electrons. The van der Waals surface area contributed by atoms with E-state index in [0.717, 1.165) is 23.4 Å². The Morgan fingerprint density at radius 2 is 1.88 bits per heavy atom. The molecule has 0 aromatic rings. The number of hydrogen-bond acceptors (Lipinski definition) is 1. The lowest BCUT2D eigenvalue weighted by Crippen LogP contribution is -2.41. The molecule has 3 atom stereocenters. The molecule has 2 saturated carbocycles. The van der Waals surface area contributed by atoms with Crippen molar-refractivity contribution < 1.29 is 9.28 Å². The van der Waals surface area contributed by atoms with Crippen LogP contribution in [0.5, 0.6) is 0 Å². The molecular weight excluding hydrogens is 210 g/mol. The highest BCUT2D eigenvalue weighted by molar-refractivity contribution is 5.82. The fourth-order valence-corrected chi connectivity index (χ4v) is 4.14. The molecule has 2 heteroatoms. The number of Topliss-reactive ketones (excluding diaryl/α,β-unsaturated/α-hetero) is 1. The highest BCUT2D eigenvalue weighted by Crippen LogP contribution is 2.59. The van der Waals surface area contributed by atoms with Crippen LogP contribution in [0.4, 0.5) is 0 Å². The standard InChI is InChI=1S/C15H28NO/c1-15(2)12-7-6-11(10-12)14(15)13(17)8-9-16(3,4)5/h11-12,14H,6-10H2,1-5H3/q+1. The number of fused-ring (bicyclic) bond motifs is 2. The third kappa shape index (κ3) is 2.42.